The molecule has 3 aromatic rings. The van der Waals surface area contributed by atoms with E-state index in [0.29, 0.717) is 41.5 Å². The number of amides is 2. The van der Waals surface area contributed by atoms with Gasteiger partial charge in [-0.2, -0.15) is 5.10 Å². The minimum absolute atomic E-state index is 0.329. The topological polar surface area (TPSA) is 81.2 Å². The van der Waals surface area contributed by atoms with Crippen molar-refractivity contribution in [3.05, 3.63) is 95.0 Å². The predicted octanol–water partition coefficient (Wildman–Crippen LogP) is 6.19. The number of hydrazone groups is 1. The fourth-order valence-corrected chi connectivity index (χ4v) is 3.75. The SMILES string of the molecule is C=CCc1ccccc1OCCOc1c(Br)cc(/C=N\NC(=O)Nc2ccccc2)cc1OCC. The van der Waals surface area contributed by atoms with Crippen LogP contribution in [0.3, 0.4) is 0 Å². The van der Waals surface area contributed by atoms with Crippen molar-refractivity contribution in [2.45, 2.75) is 13.3 Å². The third kappa shape index (κ3) is 8.19. The largest absolute Gasteiger partial charge is 0.490 e. The molecule has 0 aliphatic heterocycles. The molecule has 0 aliphatic rings. The maximum absolute atomic E-state index is 12.0. The summed E-state index contributed by atoms with van der Waals surface area (Å²) in [5.74, 6) is 1.95. The normalized spacial score (nSPS) is 10.6. The molecule has 0 heterocycles. The van der Waals surface area contributed by atoms with Gasteiger partial charge in [-0.1, -0.05) is 42.5 Å². The lowest BCUT2D eigenvalue weighted by Crippen LogP contribution is -2.24. The van der Waals surface area contributed by atoms with Gasteiger partial charge in [-0.05, 0) is 70.7 Å². The number of hydrogen-bond acceptors (Lipinski definition) is 5. The van der Waals surface area contributed by atoms with Crippen LogP contribution in [0.25, 0.3) is 0 Å². The van der Waals surface area contributed by atoms with Crippen LogP contribution in [0.2, 0.25) is 0 Å². The molecule has 0 unspecified atom stereocenters. The zero-order valence-electron chi connectivity index (χ0n) is 19.5. The molecule has 0 fully saturated rings. The number of urea groups is 1. The third-order valence-electron chi connectivity index (χ3n) is 4.67. The molecule has 35 heavy (non-hydrogen) atoms. The van der Waals surface area contributed by atoms with Crippen LogP contribution in [-0.4, -0.2) is 32.1 Å². The highest BCUT2D eigenvalue weighted by Crippen LogP contribution is 2.36. The second kappa shape index (κ2) is 13.8. The number of halogens is 1. The number of allylic oxidation sites excluding steroid dienone is 1. The summed E-state index contributed by atoms with van der Waals surface area (Å²) < 4.78 is 18.3. The molecule has 0 saturated carbocycles. The van der Waals surface area contributed by atoms with E-state index >= 15 is 0 Å². The monoisotopic (exact) mass is 537 g/mol. The number of ether oxygens (including phenoxy) is 3. The number of hydrogen-bond donors (Lipinski definition) is 2. The standard InChI is InChI=1S/C27H28BrN3O4/c1-3-10-21-11-8-9-14-24(21)34-15-16-35-26-23(28)17-20(18-25(26)33-4-2)19-29-31-27(32)30-22-12-6-5-7-13-22/h3,5-9,11-14,17-19H,1,4,10,15-16H2,2H3,(H2,30,31,32)/b29-19-. The highest BCUT2D eigenvalue weighted by molar-refractivity contribution is 9.10. The van der Waals surface area contributed by atoms with Gasteiger partial charge in [-0.25, -0.2) is 10.2 Å². The number of carbonyl (C=O) groups excluding carboxylic acids is 1. The molecular weight excluding hydrogens is 510 g/mol. The lowest BCUT2D eigenvalue weighted by Gasteiger charge is -2.15. The maximum Gasteiger partial charge on any atom is 0.339 e. The Kier molecular flexibility index (Phi) is 10.2. The van der Waals surface area contributed by atoms with Gasteiger partial charge in [-0.15, -0.1) is 6.58 Å². The Morgan fingerprint density at radius 1 is 1.00 bits per heavy atom. The molecule has 2 amide bonds. The van der Waals surface area contributed by atoms with Crippen molar-refractivity contribution in [1.29, 1.82) is 0 Å². The summed E-state index contributed by atoms with van der Waals surface area (Å²) in [6.07, 6.45) is 4.12. The Labute approximate surface area is 213 Å². The fourth-order valence-electron chi connectivity index (χ4n) is 3.18. The van der Waals surface area contributed by atoms with Gasteiger partial charge in [0.2, 0.25) is 0 Å². The lowest BCUT2D eigenvalue weighted by atomic mass is 10.1. The lowest BCUT2D eigenvalue weighted by molar-refractivity contribution is 0.206. The van der Waals surface area contributed by atoms with Crippen molar-refractivity contribution < 1.29 is 19.0 Å². The number of nitrogens with one attached hydrogen (secondary N) is 2. The Morgan fingerprint density at radius 3 is 2.51 bits per heavy atom. The molecule has 0 spiro atoms. The highest BCUT2D eigenvalue weighted by atomic mass is 79.9. The van der Waals surface area contributed by atoms with E-state index in [9.17, 15) is 4.79 Å². The molecule has 0 atom stereocenters. The molecule has 0 aliphatic carbocycles. The van der Waals surface area contributed by atoms with Crippen LogP contribution in [0.15, 0.2) is 89.0 Å². The Bertz CT molecular complexity index is 1150. The first kappa shape index (κ1) is 25.8. The zero-order chi connectivity index (χ0) is 24.9. The van der Waals surface area contributed by atoms with Crippen LogP contribution in [0.1, 0.15) is 18.1 Å². The zero-order valence-corrected chi connectivity index (χ0v) is 21.1. The molecule has 2 N–H and O–H groups in total. The molecule has 7 nitrogen and oxygen atoms in total. The molecular formula is C27H28BrN3O4. The van der Waals surface area contributed by atoms with E-state index in [-0.39, 0.29) is 0 Å². The number of anilines is 1. The number of carbonyl (C=O) groups is 1. The van der Waals surface area contributed by atoms with E-state index in [2.05, 4.69) is 38.4 Å². The van der Waals surface area contributed by atoms with Crippen molar-refractivity contribution in [3.8, 4) is 17.2 Å². The summed E-state index contributed by atoms with van der Waals surface area (Å²) in [6, 6.07) is 20.2. The number of rotatable bonds is 12. The smallest absolute Gasteiger partial charge is 0.339 e. The summed E-state index contributed by atoms with van der Waals surface area (Å²) in [5, 5.41) is 6.71. The number of para-hydroxylation sites is 2. The van der Waals surface area contributed by atoms with E-state index < -0.39 is 6.03 Å². The predicted molar refractivity (Wildman–Crippen MR) is 143 cm³/mol. The van der Waals surface area contributed by atoms with Gasteiger partial charge in [0.15, 0.2) is 11.5 Å². The molecule has 182 valence electrons. The van der Waals surface area contributed by atoms with Crippen LogP contribution in [0.5, 0.6) is 17.2 Å². The average Bonchev–Trinajstić information content (AvgIpc) is 2.85. The summed E-state index contributed by atoms with van der Waals surface area (Å²) in [5.41, 5.74) is 4.92. The summed E-state index contributed by atoms with van der Waals surface area (Å²) >= 11 is 3.54. The van der Waals surface area contributed by atoms with Crippen molar-refractivity contribution >= 4 is 33.9 Å². The van der Waals surface area contributed by atoms with Crippen molar-refractivity contribution in [3.63, 3.8) is 0 Å². The molecule has 0 bridgehead atoms. The number of benzene rings is 3. The van der Waals surface area contributed by atoms with E-state index in [0.717, 1.165) is 23.3 Å². The first-order valence-corrected chi connectivity index (χ1v) is 12.0. The first-order valence-electron chi connectivity index (χ1n) is 11.2. The molecule has 8 heteroatoms. The fraction of sp³-hybridized carbons (Fsp3) is 0.185. The van der Waals surface area contributed by atoms with Gasteiger partial charge in [0, 0.05) is 5.69 Å². The van der Waals surface area contributed by atoms with Gasteiger partial charge in [0.05, 0.1) is 17.3 Å². The maximum atomic E-state index is 12.0. The summed E-state index contributed by atoms with van der Waals surface area (Å²) in [7, 11) is 0. The van der Waals surface area contributed by atoms with E-state index in [1.54, 1.807) is 18.2 Å². The molecule has 0 aromatic heterocycles. The van der Waals surface area contributed by atoms with Crippen LogP contribution in [0.4, 0.5) is 10.5 Å². The van der Waals surface area contributed by atoms with Gasteiger partial charge in [0.25, 0.3) is 0 Å². The molecule has 3 aromatic carbocycles. The first-order chi connectivity index (χ1) is 17.1. The van der Waals surface area contributed by atoms with Gasteiger partial charge >= 0.3 is 6.03 Å². The second-order valence-corrected chi connectivity index (χ2v) is 8.10. The average molecular weight is 538 g/mol. The van der Waals surface area contributed by atoms with E-state index in [1.165, 1.54) is 6.21 Å². The molecule has 3 rings (SSSR count). The Morgan fingerprint density at radius 2 is 1.74 bits per heavy atom. The molecule has 0 radical (unpaired) electrons. The molecule has 0 saturated heterocycles. The second-order valence-electron chi connectivity index (χ2n) is 7.25. The van der Waals surface area contributed by atoms with Crippen molar-refractivity contribution in [2.24, 2.45) is 5.10 Å². The highest BCUT2D eigenvalue weighted by Gasteiger charge is 2.12. The van der Waals surface area contributed by atoms with Crippen LogP contribution >= 0.6 is 15.9 Å². The summed E-state index contributed by atoms with van der Waals surface area (Å²) in [6.45, 7) is 6.85. The minimum atomic E-state index is -0.439. The quantitative estimate of drug-likeness (QED) is 0.125. The van der Waals surface area contributed by atoms with Crippen LogP contribution in [0, 0.1) is 0 Å². The third-order valence-corrected chi connectivity index (χ3v) is 5.26. The Balaban J connectivity index is 1.58. The summed E-state index contributed by atoms with van der Waals surface area (Å²) in [4.78, 5) is 12.0. The van der Waals surface area contributed by atoms with Crippen molar-refractivity contribution in [1.82, 2.24) is 5.43 Å². The van der Waals surface area contributed by atoms with Crippen LogP contribution in [-0.2, 0) is 6.42 Å². The minimum Gasteiger partial charge on any atom is -0.490 e. The van der Waals surface area contributed by atoms with Crippen molar-refractivity contribution in [2.75, 3.05) is 25.1 Å². The van der Waals surface area contributed by atoms with Crippen LogP contribution < -0.4 is 25.0 Å². The van der Waals surface area contributed by atoms with Gasteiger partial charge in [-0.3, -0.25) is 0 Å². The van der Waals surface area contributed by atoms with Gasteiger partial charge < -0.3 is 19.5 Å². The van der Waals surface area contributed by atoms with Gasteiger partial charge in [0.1, 0.15) is 19.0 Å². The Hall–Kier alpha value is -3.78. The van der Waals surface area contributed by atoms with E-state index in [1.807, 2.05) is 61.5 Å². The van der Waals surface area contributed by atoms with E-state index in [4.69, 9.17) is 14.2 Å². The number of nitrogens with zero attached hydrogens (tertiary/aromatic N) is 1.